The Labute approximate surface area is 148 Å². The number of hydrogen-bond acceptors (Lipinski definition) is 5. The normalized spacial score (nSPS) is 17.3. The minimum absolute atomic E-state index is 0.00796. The first-order chi connectivity index (χ1) is 11.6. The second-order valence-electron chi connectivity index (χ2n) is 5.57. The monoisotopic (exact) mass is 367 g/mol. The van der Waals surface area contributed by atoms with Gasteiger partial charge in [0.05, 0.1) is 29.3 Å². The van der Waals surface area contributed by atoms with E-state index in [2.05, 4.69) is 10.3 Å². The number of rotatable bonds is 5. The van der Waals surface area contributed by atoms with Crippen LogP contribution in [0.1, 0.15) is 12.8 Å². The second-order valence-corrected chi connectivity index (χ2v) is 6.95. The molecule has 1 aliphatic heterocycles. The zero-order valence-corrected chi connectivity index (χ0v) is 14.8. The summed E-state index contributed by atoms with van der Waals surface area (Å²) in [7, 11) is 1.58. The minimum Gasteiger partial charge on any atom is -0.376 e. The van der Waals surface area contributed by atoms with E-state index in [1.807, 2.05) is 0 Å². The summed E-state index contributed by atoms with van der Waals surface area (Å²) in [6.07, 6.45) is 1.93. The van der Waals surface area contributed by atoms with Crippen LogP contribution in [0.2, 0.25) is 5.02 Å². The van der Waals surface area contributed by atoms with Crippen molar-refractivity contribution in [2.45, 2.75) is 30.6 Å². The van der Waals surface area contributed by atoms with Crippen molar-refractivity contribution in [2.24, 2.45) is 0 Å². The number of fused-ring (bicyclic) bond motifs is 1. The Balaban J connectivity index is 2.02. The quantitative estimate of drug-likeness (QED) is 0.647. The number of halogens is 1. The summed E-state index contributed by atoms with van der Waals surface area (Å²) in [5, 5.41) is 4.11. The molecule has 1 aliphatic rings. The molecule has 0 radical (unpaired) electrons. The number of nitrogens with one attached hydrogen (secondary N) is 1. The topological polar surface area (TPSA) is 73.2 Å². The predicted octanol–water partition coefficient (Wildman–Crippen LogP) is 2.07. The molecular weight excluding hydrogens is 350 g/mol. The van der Waals surface area contributed by atoms with E-state index >= 15 is 0 Å². The molecule has 1 aromatic heterocycles. The Hall–Kier alpha value is -1.57. The summed E-state index contributed by atoms with van der Waals surface area (Å²) < 4.78 is 7.26. The van der Waals surface area contributed by atoms with Crippen LogP contribution < -0.4 is 10.9 Å². The number of nitrogens with zero attached hydrogens (tertiary/aromatic N) is 2. The van der Waals surface area contributed by atoms with Gasteiger partial charge in [-0.2, -0.15) is 0 Å². The Morgan fingerprint density at radius 2 is 2.38 bits per heavy atom. The molecule has 24 heavy (non-hydrogen) atoms. The van der Waals surface area contributed by atoms with Crippen LogP contribution in [-0.2, 0) is 16.1 Å². The van der Waals surface area contributed by atoms with Crippen molar-refractivity contribution in [1.29, 1.82) is 0 Å². The molecule has 6 nitrogen and oxygen atoms in total. The maximum atomic E-state index is 12.9. The van der Waals surface area contributed by atoms with Crippen molar-refractivity contribution in [1.82, 2.24) is 14.9 Å². The SMILES string of the molecule is CNC(=O)CSc1nc2cc(Cl)ccc2c(=O)n1C[C@@H]1CCCO1. The highest BCUT2D eigenvalue weighted by atomic mass is 35.5. The standard InChI is InChI=1S/C16H18ClN3O3S/c1-18-14(21)9-24-16-19-13-7-10(17)4-5-12(13)15(22)20(16)8-11-3-2-6-23-11/h4-5,7,11H,2-3,6,8-9H2,1H3,(H,18,21)/t11-/m0/s1. The molecule has 1 fully saturated rings. The number of benzene rings is 1. The first-order valence-corrected chi connectivity index (χ1v) is 9.10. The average Bonchev–Trinajstić information content (AvgIpc) is 3.08. The molecule has 1 amide bonds. The van der Waals surface area contributed by atoms with E-state index in [1.165, 1.54) is 11.8 Å². The van der Waals surface area contributed by atoms with Crippen LogP contribution in [0, 0.1) is 0 Å². The first-order valence-electron chi connectivity index (χ1n) is 7.73. The van der Waals surface area contributed by atoms with Gasteiger partial charge in [-0.25, -0.2) is 4.98 Å². The molecule has 2 aromatic rings. The van der Waals surface area contributed by atoms with Gasteiger partial charge >= 0.3 is 0 Å². The highest BCUT2D eigenvalue weighted by Crippen LogP contribution is 2.22. The van der Waals surface area contributed by atoms with Gasteiger partial charge in [-0.05, 0) is 31.0 Å². The van der Waals surface area contributed by atoms with Crippen LogP contribution in [0.4, 0.5) is 0 Å². The molecule has 0 unspecified atom stereocenters. The molecule has 1 saturated heterocycles. The molecular formula is C16H18ClN3O3S. The molecule has 1 aromatic carbocycles. The van der Waals surface area contributed by atoms with Crippen LogP contribution in [-0.4, -0.2) is 41.0 Å². The Morgan fingerprint density at radius 3 is 3.08 bits per heavy atom. The van der Waals surface area contributed by atoms with E-state index in [-0.39, 0.29) is 23.3 Å². The lowest BCUT2D eigenvalue weighted by Crippen LogP contribution is -2.29. The molecule has 128 valence electrons. The summed E-state index contributed by atoms with van der Waals surface area (Å²) in [6, 6.07) is 5.03. The van der Waals surface area contributed by atoms with Gasteiger partial charge in [-0.1, -0.05) is 23.4 Å². The van der Waals surface area contributed by atoms with Gasteiger partial charge in [0, 0.05) is 18.7 Å². The number of amides is 1. The Bertz CT molecular complexity index is 818. The highest BCUT2D eigenvalue weighted by molar-refractivity contribution is 7.99. The van der Waals surface area contributed by atoms with Crippen molar-refractivity contribution < 1.29 is 9.53 Å². The van der Waals surface area contributed by atoms with E-state index in [0.717, 1.165) is 19.4 Å². The molecule has 2 heterocycles. The summed E-state index contributed by atoms with van der Waals surface area (Å²) in [5.74, 6) is 0.0738. The molecule has 1 N–H and O–H groups in total. The third-order valence-electron chi connectivity index (χ3n) is 3.90. The fourth-order valence-corrected chi connectivity index (χ4v) is 3.69. The van der Waals surface area contributed by atoms with E-state index < -0.39 is 0 Å². The maximum absolute atomic E-state index is 12.9. The van der Waals surface area contributed by atoms with Crippen LogP contribution in [0.15, 0.2) is 28.2 Å². The summed E-state index contributed by atoms with van der Waals surface area (Å²) in [6.45, 7) is 1.16. The van der Waals surface area contributed by atoms with Crippen molar-refractivity contribution in [3.8, 4) is 0 Å². The third-order valence-corrected chi connectivity index (χ3v) is 5.12. The average molecular weight is 368 g/mol. The number of aromatic nitrogens is 2. The van der Waals surface area contributed by atoms with E-state index in [1.54, 1.807) is 29.8 Å². The zero-order chi connectivity index (χ0) is 17.1. The summed E-state index contributed by atoms with van der Waals surface area (Å²) in [5.41, 5.74) is 0.405. The Kier molecular flexibility index (Phi) is 5.43. The molecule has 1 atom stereocenters. The maximum Gasteiger partial charge on any atom is 0.262 e. The number of thioether (sulfide) groups is 1. The fraction of sp³-hybridized carbons (Fsp3) is 0.438. The predicted molar refractivity (Wildman–Crippen MR) is 94.8 cm³/mol. The molecule has 0 aliphatic carbocycles. The smallest absolute Gasteiger partial charge is 0.262 e. The van der Waals surface area contributed by atoms with Crippen molar-refractivity contribution in [3.05, 3.63) is 33.6 Å². The van der Waals surface area contributed by atoms with Crippen molar-refractivity contribution >= 4 is 40.2 Å². The summed E-state index contributed by atoms with van der Waals surface area (Å²) >= 11 is 7.25. The zero-order valence-electron chi connectivity index (χ0n) is 13.3. The lowest BCUT2D eigenvalue weighted by molar-refractivity contribution is -0.118. The van der Waals surface area contributed by atoms with Crippen molar-refractivity contribution in [3.63, 3.8) is 0 Å². The lowest BCUT2D eigenvalue weighted by atomic mass is 10.2. The Morgan fingerprint density at radius 1 is 1.54 bits per heavy atom. The van der Waals surface area contributed by atoms with Gasteiger partial charge in [-0.3, -0.25) is 14.2 Å². The molecule has 8 heteroatoms. The van der Waals surface area contributed by atoms with Gasteiger partial charge in [0.25, 0.3) is 5.56 Å². The van der Waals surface area contributed by atoms with Gasteiger partial charge in [0.2, 0.25) is 5.91 Å². The van der Waals surface area contributed by atoms with Crippen molar-refractivity contribution in [2.75, 3.05) is 19.4 Å². The second kappa shape index (κ2) is 7.55. The summed E-state index contributed by atoms with van der Waals surface area (Å²) in [4.78, 5) is 29.0. The van der Waals surface area contributed by atoms with Crippen LogP contribution in [0.3, 0.4) is 0 Å². The van der Waals surface area contributed by atoms with Gasteiger partial charge < -0.3 is 10.1 Å². The number of ether oxygens (including phenoxy) is 1. The van der Waals surface area contributed by atoms with Crippen LogP contribution >= 0.6 is 23.4 Å². The van der Waals surface area contributed by atoms with Crippen LogP contribution in [0.5, 0.6) is 0 Å². The van der Waals surface area contributed by atoms with Gasteiger partial charge in [-0.15, -0.1) is 0 Å². The van der Waals surface area contributed by atoms with Gasteiger partial charge in [0.15, 0.2) is 5.16 Å². The third kappa shape index (κ3) is 3.74. The fourth-order valence-electron chi connectivity index (χ4n) is 2.64. The highest BCUT2D eigenvalue weighted by Gasteiger charge is 2.20. The number of carbonyl (C=O) groups excluding carboxylic acids is 1. The molecule has 3 rings (SSSR count). The number of carbonyl (C=O) groups is 1. The minimum atomic E-state index is -0.133. The molecule has 0 bridgehead atoms. The van der Waals surface area contributed by atoms with E-state index in [9.17, 15) is 9.59 Å². The molecule has 0 saturated carbocycles. The molecule has 0 spiro atoms. The van der Waals surface area contributed by atoms with E-state index in [0.29, 0.717) is 27.6 Å². The van der Waals surface area contributed by atoms with E-state index in [4.69, 9.17) is 16.3 Å². The largest absolute Gasteiger partial charge is 0.376 e. The van der Waals surface area contributed by atoms with Crippen LogP contribution in [0.25, 0.3) is 10.9 Å². The van der Waals surface area contributed by atoms with Gasteiger partial charge in [0.1, 0.15) is 0 Å². The first kappa shape index (κ1) is 17.3. The number of hydrogen-bond donors (Lipinski definition) is 1. The lowest BCUT2D eigenvalue weighted by Gasteiger charge is -2.16.